The predicted molar refractivity (Wildman–Crippen MR) is 101 cm³/mol. The molecular formula is C21H24FNO4. The van der Waals surface area contributed by atoms with Crippen LogP contribution in [0.4, 0.5) is 4.39 Å². The van der Waals surface area contributed by atoms with Crippen molar-refractivity contribution in [2.75, 3.05) is 20.3 Å². The molecule has 2 rings (SSSR count). The molecule has 0 bridgehead atoms. The van der Waals surface area contributed by atoms with Gasteiger partial charge in [-0.3, -0.25) is 4.79 Å². The van der Waals surface area contributed by atoms with Crippen LogP contribution in [-0.2, 0) is 14.3 Å². The first-order valence-electron chi connectivity index (χ1n) is 8.64. The summed E-state index contributed by atoms with van der Waals surface area (Å²) in [6.45, 7) is 6.00. The average molecular weight is 373 g/mol. The van der Waals surface area contributed by atoms with Crippen LogP contribution >= 0.6 is 0 Å². The monoisotopic (exact) mass is 373 g/mol. The number of ketones is 1. The normalized spacial score (nSPS) is 12.3. The van der Waals surface area contributed by atoms with E-state index in [-0.39, 0.29) is 24.2 Å². The summed E-state index contributed by atoms with van der Waals surface area (Å²) in [5, 5.41) is 0. The third-order valence-corrected chi connectivity index (χ3v) is 4.26. The fraction of sp³-hybridized carbons (Fsp3) is 0.333. The molecule has 1 heterocycles. The van der Waals surface area contributed by atoms with Gasteiger partial charge < -0.3 is 14.0 Å². The second kappa shape index (κ2) is 9.28. The van der Waals surface area contributed by atoms with E-state index in [1.165, 1.54) is 24.3 Å². The van der Waals surface area contributed by atoms with Crippen LogP contribution < -0.4 is 0 Å². The first-order chi connectivity index (χ1) is 12.8. The van der Waals surface area contributed by atoms with Crippen molar-refractivity contribution in [2.24, 2.45) is 0 Å². The Bertz CT molecular complexity index is 837. The molecule has 2 aromatic rings. The molecular weight excluding hydrogens is 349 g/mol. The van der Waals surface area contributed by atoms with Crippen LogP contribution in [0.15, 0.2) is 36.4 Å². The molecule has 0 aliphatic heterocycles. The van der Waals surface area contributed by atoms with E-state index in [0.717, 1.165) is 11.4 Å². The summed E-state index contributed by atoms with van der Waals surface area (Å²) in [5.41, 5.74) is 2.96. The van der Waals surface area contributed by atoms with Crippen LogP contribution in [0.2, 0.25) is 0 Å². The summed E-state index contributed by atoms with van der Waals surface area (Å²) in [7, 11) is 1.63. The van der Waals surface area contributed by atoms with Gasteiger partial charge in [0.25, 0.3) is 0 Å². The summed E-state index contributed by atoms with van der Waals surface area (Å²) in [6.07, 6.45) is 2.72. The molecule has 0 N–H and O–H groups in total. The summed E-state index contributed by atoms with van der Waals surface area (Å²) >= 11 is 0. The van der Waals surface area contributed by atoms with E-state index in [0.29, 0.717) is 17.7 Å². The number of ether oxygens (including phenoxy) is 2. The number of aromatic nitrogens is 1. The van der Waals surface area contributed by atoms with E-state index >= 15 is 0 Å². The number of carbonyl (C=O) groups is 2. The van der Waals surface area contributed by atoms with Gasteiger partial charge in [0.15, 0.2) is 6.61 Å². The molecule has 1 aromatic carbocycles. The number of halogens is 1. The van der Waals surface area contributed by atoms with Gasteiger partial charge in [0, 0.05) is 30.1 Å². The maximum atomic E-state index is 12.8. The molecule has 0 fully saturated rings. The quantitative estimate of drug-likeness (QED) is 0.400. The third kappa shape index (κ3) is 5.37. The maximum Gasteiger partial charge on any atom is 0.331 e. The first-order valence-corrected chi connectivity index (χ1v) is 8.64. The molecule has 0 amide bonds. The largest absolute Gasteiger partial charge is 0.454 e. The summed E-state index contributed by atoms with van der Waals surface area (Å²) in [5.74, 6) is -1.24. The second-order valence-electron chi connectivity index (χ2n) is 6.37. The zero-order chi connectivity index (χ0) is 20.0. The van der Waals surface area contributed by atoms with Gasteiger partial charge in [-0.25, -0.2) is 9.18 Å². The van der Waals surface area contributed by atoms with Crippen molar-refractivity contribution < 1.29 is 23.5 Å². The Morgan fingerprint density at radius 2 is 1.89 bits per heavy atom. The van der Waals surface area contributed by atoms with Crippen molar-refractivity contribution in [3.63, 3.8) is 0 Å². The number of benzene rings is 1. The molecule has 0 unspecified atom stereocenters. The lowest BCUT2D eigenvalue weighted by molar-refractivity contribution is -0.136. The van der Waals surface area contributed by atoms with E-state index in [9.17, 15) is 14.0 Å². The van der Waals surface area contributed by atoms with Crippen LogP contribution in [-0.4, -0.2) is 36.6 Å². The van der Waals surface area contributed by atoms with Crippen LogP contribution in [0.25, 0.3) is 6.08 Å². The molecule has 0 aliphatic rings. The topological polar surface area (TPSA) is 57.5 Å². The fourth-order valence-corrected chi connectivity index (χ4v) is 3.05. The number of Topliss-reactive ketones (excluding diaryl/α,β-unsaturated/α-hetero) is 1. The van der Waals surface area contributed by atoms with Gasteiger partial charge in [0.2, 0.25) is 5.78 Å². The molecule has 1 atom stereocenters. The lowest BCUT2D eigenvalue weighted by Gasteiger charge is -2.17. The highest BCUT2D eigenvalue weighted by atomic mass is 19.1. The van der Waals surface area contributed by atoms with Gasteiger partial charge in [-0.1, -0.05) is 12.1 Å². The minimum absolute atomic E-state index is 0.0951. The average Bonchev–Trinajstić information content (AvgIpc) is 2.93. The SMILES string of the molecule is COC[C@H](C)n1c(C)cc(C(=O)COC(=O)/C=C/c2ccc(F)cc2)c1C. The zero-order valence-electron chi connectivity index (χ0n) is 16.0. The number of nitrogens with zero attached hydrogens (tertiary/aromatic N) is 1. The van der Waals surface area contributed by atoms with Crippen molar-refractivity contribution >= 4 is 17.8 Å². The maximum absolute atomic E-state index is 12.8. The lowest BCUT2D eigenvalue weighted by Crippen LogP contribution is -2.16. The van der Waals surface area contributed by atoms with Gasteiger partial charge in [-0.15, -0.1) is 0 Å². The van der Waals surface area contributed by atoms with Crippen LogP contribution in [0.1, 0.15) is 40.3 Å². The van der Waals surface area contributed by atoms with Gasteiger partial charge in [0.1, 0.15) is 5.82 Å². The first kappa shape index (κ1) is 20.6. The van der Waals surface area contributed by atoms with Gasteiger partial charge in [0.05, 0.1) is 12.6 Å². The van der Waals surface area contributed by atoms with Gasteiger partial charge in [-0.05, 0) is 50.6 Å². The molecule has 0 saturated heterocycles. The standard InChI is InChI=1S/C21H24FNO4/c1-14-11-19(16(3)23(14)15(2)12-26-4)20(24)13-27-21(25)10-7-17-5-8-18(22)9-6-17/h5-11,15H,12-13H2,1-4H3/b10-7+/t15-/m0/s1. The molecule has 6 heteroatoms. The molecule has 1 aromatic heterocycles. The van der Waals surface area contributed by atoms with Gasteiger partial charge in [-0.2, -0.15) is 0 Å². The number of esters is 1. The molecule has 144 valence electrons. The summed E-state index contributed by atoms with van der Waals surface area (Å²) in [4.78, 5) is 24.3. The van der Waals surface area contributed by atoms with E-state index in [1.807, 2.05) is 25.3 Å². The zero-order valence-corrected chi connectivity index (χ0v) is 16.0. The Morgan fingerprint density at radius 1 is 1.22 bits per heavy atom. The molecule has 0 aliphatic carbocycles. The number of rotatable bonds is 8. The smallest absolute Gasteiger partial charge is 0.331 e. The van der Waals surface area contributed by atoms with Crippen molar-refractivity contribution in [1.29, 1.82) is 0 Å². The predicted octanol–water partition coefficient (Wildman–Crippen LogP) is 3.89. The summed E-state index contributed by atoms with van der Waals surface area (Å²) < 4.78 is 25.1. The lowest BCUT2D eigenvalue weighted by atomic mass is 10.1. The molecule has 27 heavy (non-hydrogen) atoms. The Kier molecular flexibility index (Phi) is 7.07. The van der Waals surface area contributed by atoms with E-state index in [4.69, 9.17) is 9.47 Å². The Morgan fingerprint density at radius 3 is 2.52 bits per heavy atom. The van der Waals surface area contributed by atoms with E-state index < -0.39 is 5.97 Å². The number of methoxy groups -OCH3 is 1. The number of hydrogen-bond donors (Lipinski definition) is 0. The Balaban J connectivity index is 1.98. The van der Waals surface area contributed by atoms with Crippen LogP contribution in [0.3, 0.4) is 0 Å². The van der Waals surface area contributed by atoms with Crippen LogP contribution in [0, 0.1) is 19.7 Å². The number of carbonyl (C=O) groups excluding carboxylic acids is 2. The highest BCUT2D eigenvalue weighted by Gasteiger charge is 2.19. The van der Waals surface area contributed by atoms with Crippen LogP contribution in [0.5, 0.6) is 0 Å². The highest BCUT2D eigenvalue weighted by molar-refractivity contribution is 6.00. The van der Waals surface area contributed by atoms with Crippen molar-refractivity contribution in [1.82, 2.24) is 4.57 Å². The van der Waals surface area contributed by atoms with Crippen molar-refractivity contribution in [3.05, 3.63) is 64.7 Å². The minimum Gasteiger partial charge on any atom is -0.454 e. The van der Waals surface area contributed by atoms with Crippen molar-refractivity contribution in [3.8, 4) is 0 Å². The Hall–Kier alpha value is -2.73. The fourth-order valence-electron chi connectivity index (χ4n) is 3.05. The number of aryl methyl sites for hydroxylation is 1. The van der Waals surface area contributed by atoms with Crippen molar-refractivity contribution in [2.45, 2.75) is 26.8 Å². The molecule has 0 saturated carbocycles. The molecule has 5 nitrogen and oxygen atoms in total. The molecule has 0 radical (unpaired) electrons. The third-order valence-electron chi connectivity index (χ3n) is 4.26. The second-order valence-corrected chi connectivity index (χ2v) is 6.37. The minimum atomic E-state index is -0.630. The molecule has 0 spiro atoms. The Labute approximate surface area is 158 Å². The number of hydrogen-bond acceptors (Lipinski definition) is 4. The summed E-state index contributed by atoms with van der Waals surface area (Å²) in [6, 6.07) is 7.58. The van der Waals surface area contributed by atoms with E-state index in [2.05, 4.69) is 0 Å². The highest BCUT2D eigenvalue weighted by Crippen LogP contribution is 2.21. The van der Waals surface area contributed by atoms with E-state index in [1.54, 1.807) is 25.3 Å². The van der Waals surface area contributed by atoms with Gasteiger partial charge >= 0.3 is 5.97 Å².